The average molecular weight is 460 g/mol. The van der Waals surface area contributed by atoms with Crippen LogP contribution in [0.4, 0.5) is 4.79 Å². The van der Waals surface area contributed by atoms with Crippen LogP contribution >= 0.6 is 11.8 Å². The average Bonchev–Trinajstić information content (AvgIpc) is 3.47. The van der Waals surface area contributed by atoms with Gasteiger partial charge in [0.2, 0.25) is 0 Å². The van der Waals surface area contributed by atoms with Crippen LogP contribution in [0.3, 0.4) is 0 Å². The molecule has 3 heterocycles. The Morgan fingerprint density at radius 1 is 1.06 bits per heavy atom. The number of pyridine rings is 1. The van der Waals surface area contributed by atoms with Gasteiger partial charge in [-0.3, -0.25) is 0 Å². The number of hydrogen-bond acceptors (Lipinski definition) is 6. The molecule has 0 N–H and O–H groups in total. The standard InChI is InChI=1S/C25H25N5O2S/c1-2-30-23(27-28-24(30)33-16-8-13-29-14-15-32-25(29)31)20-17-22(18-9-4-3-5-10-18)26-21-12-7-6-11-19(20)21/h3-7,9-12,17H,2,8,13-16H2,1H3. The molecule has 2 aromatic heterocycles. The van der Waals surface area contributed by atoms with Crippen LogP contribution in [0.15, 0.2) is 65.8 Å². The minimum Gasteiger partial charge on any atom is -0.448 e. The fraction of sp³-hybridized carbons (Fsp3) is 0.280. The van der Waals surface area contributed by atoms with Gasteiger partial charge in [0.05, 0.1) is 17.8 Å². The van der Waals surface area contributed by atoms with Gasteiger partial charge in [-0.2, -0.15) is 0 Å². The molecule has 1 saturated heterocycles. The lowest BCUT2D eigenvalue weighted by molar-refractivity contribution is 0.158. The molecule has 1 aliphatic heterocycles. The van der Waals surface area contributed by atoms with Gasteiger partial charge >= 0.3 is 6.09 Å². The molecular formula is C25H25N5O2S. The Hall–Kier alpha value is -3.39. The molecule has 0 aliphatic carbocycles. The zero-order valence-electron chi connectivity index (χ0n) is 18.5. The number of ether oxygens (including phenoxy) is 1. The van der Waals surface area contributed by atoms with E-state index >= 15 is 0 Å². The van der Waals surface area contributed by atoms with Crippen LogP contribution in [0.5, 0.6) is 0 Å². The van der Waals surface area contributed by atoms with Gasteiger partial charge in [0, 0.05) is 35.4 Å². The van der Waals surface area contributed by atoms with Crippen LogP contribution in [0, 0.1) is 0 Å². The van der Waals surface area contributed by atoms with E-state index in [9.17, 15) is 4.79 Å². The number of fused-ring (bicyclic) bond motifs is 1. The van der Waals surface area contributed by atoms with E-state index in [2.05, 4.69) is 46.0 Å². The number of benzene rings is 2. The molecule has 0 saturated carbocycles. The zero-order valence-corrected chi connectivity index (χ0v) is 19.3. The number of nitrogens with zero attached hydrogens (tertiary/aromatic N) is 5. The molecular weight excluding hydrogens is 434 g/mol. The smallest absolute Gasteiger partial charge is 0.409 e. The number of carbonyl (C=O) groups excluding carboxylic acids is 1. The molecule has 1 amide bonds. The number of thioether (sulfide) groups is 1. The van der Waals surface area contributed by atoms with E-state index in [1.165, 1.54) is 0 Å². The first-order valence-corrected chi connectivity index (χ1v) is 12.2. The van der Waals surface area contributed by atoms with Crippen molar-refractivity contribution in [3.05, 3.63) is 60.7 Å². The third-order valence-electron chi connectivity index (χ3n) is 5.71. The Morgan fingerprint density at radius 3 is 2.67 bits per heavy atom. The third-order valence-corrected chi connectivity index (χ3v) is 6.76. The molecule has 0 bridgehead atoms. The summed E-state index contributed by atoms with van der Waals surface area (Å²) in [6.07, 6.45) is 0.667. The van der Waals surface area contributed by atoms with Gasteiger partial charge in [0.1, 0.15) is 6.61 Å². The number of amides is 1. The summed E-state index contributed by atoms with van der Waals surface area (Å²) in [4.78, 5) is 18.2. The maximum Gasteiger partial charge on any atom is 0.409 e. The molecule has 1 fully saturated rings. The molecule has 0 unspecified atom stereocenters. The number of aromatic nitrogens is 4. The molecule has 1 aliphatic rings. The van der Waals surface area contributed by atoms with Gasteiger partial charge in [-0.1, -0.05) is 60.3 Å². The lowest BCUT2D eigenvalue weighted by atomic mass is 10.0. The van der Waals surface area contributed by atoms with Crippen molar-refractivity contribution < 1.29 is 9.53 Å². The SMILES string of the molecule is CCn1c(SCCCN2CCOC2=O)nnc1-c1cc(-c2ccccc2)nc2ccccc12. The monoisotopic (exact) mass is 459 g/mol. The topological polar surface area (TPSA) is 73.1 Å². The van der Waals surface area contributed by atoms with Crippen LogP contribution in [0.25, 0.3) is 33.5 Å². The van der Waals surface area contributed by atoms with Crippen molar-refractivity contribution >= 4 is 28.8 Å². The first-order valence-electron chi connectivity index (χ1n) is 11.2. The van der Waals surface area contributed by atoms with Crippen molar-refractivity contribution in [2.24, 2.45) is 0 Å². The fourth-order valence-electron chi connectivity index (χ4n) is 4.04. The van der Waals surface area contributed by atoms with Crippen molar-refractivity contribution in [1.29, 1.82) is 0 Å². The molecule has 0 atom stereocenters. The van der Waals surface area contributed by atoms with Crippen LogP contribution < -0.4 is 0 Å². The Labute approximate surface area is 196 Å². The van der Waals surface area contributed by atoms with Crippen molar-refractivity contribution in [2.75, 3.05) is 25.4 Å². The highest BCUT2D eigenvalue weighted by molar-refractivity contribution is 7.99. The third kappa shape index (κ3) is 4.43. The highest BCUT2D eigenvalue weighted by Gasteiger charge is 2.21. The first-order chi connectivity index (χ1) is 16.2. The van der Waals surface area contributed by atoms with E-state index in [1.54, 1.807) is 16.7 Å². The van der Waals surface area contributed by atoms with Crippen LogP contribution in [0.1, 0.15) is 13.3 Å². The Bertz CT molecular complexity index is 1270. The van der Waals surface area contributed by atoms with E-state index < -0.39 is 0 Å². The second-order valence-corrected chi connectivity index (χ2v) is 8.85. The number of rotatable bonds is 8. The Balaban J connectivity index is 1.43. The maximum absolute atomic E-state index is 11.6. The molecule has 8 heteroatoms. The van der Waals surface area contributed by atoms with E-state index in [0.29, 0.717) is 19.7 Å². The summed E-state index contributed by atoms with van der Waals surface area (Å²) in [5.41, 5.74) is 3.95. The van der Waals surface area contributed by atoms with E-state index in [0.717, 1.165) is 57.4 Å². The Kier molecular flexibility index (Phi) is 6.26. The van der Waals surface area contributed by atoms with Crippen LogP contribution in [-0.2, 0) is 11.3 Å². The molecule has 0 radical (unpaired) electrons. The number of cyclic esters (lactones) is 1. The summed E-state index contributed by atoms with van der Waals surface area (Å²) < 4.78 is 7.15. The minimum atomic E-state index is -0.210. The first kappa shape index (κ1) is 21.5. The van der Waals surface area contributed by atoms with Crippen LogP contribution in [-0.4, -0.2) is 56.2 Å². The predicted octanol–water partition coefficient (Wildman–Crippen LogP) is 5.11. The quantitative estimate of drug-likeness (QED) is 0.269. The highest BCUT2D eigenvalue weighted by Crippen LogP contribution is 2.33. The van der Waals surface area contributed by atoms with Gasteiger partial charge in [-0.25, -0.2) is 9.78 Å². The molecule has 7 nitrogen and oxygen atoms in total. The summed E-state index contributed by atoms with van der Waals surface area (Å²) in [5, 5.41) is 11.0. The summed E-state index contributed by atoms with van der Waals surface area (Å²) in [6.45, 7) is 4.75. The summed E-state index contributed by atoms with van der Waals surface area (Å²) in [6, 6.07) is 20.5. The van der Waals surface area contributed by atoms with E-state index in [4.69, 9.17) is 9.72 Å². The highest BCUT2D eigenvalue weighted by atomic mass is 32.2. The van der Waals surface area contributed by atoms with Gasteiger partial charge in [0.25, 0.3) is 0 Å². The zero-order chi connectivity index (χ0) is 22.6. The fourth-order valence-corrected chi connectivity index (χ4v) is 4.97. The van der Waals surface area contributed by atoms with Crippen LogP contribution in [0.2, 0.25) is 0 Å². The van der Waals surface area contributed by atoms with Crippen molar-refractivity contribution in [3.63, 3.8) is 0 Å². The predicted molar refractivity (Wildman–Crippen MR) is 130 cm³/mol. The van der Waals surface area contributed by atoms with Crippen molar-refractivity contribution in [1.82, 2.24) is 24.6 Å². The molecule has 33 heavy (non-hydrogen) atoms. The van der Waals surface area contributed by atoms with Gasteiger partial charge in [0.15, 0.2) is 11.0 Å². The van der Waals surface area contributed by atoms with Crippen molar-refractivity contribution in [3.8, 4) is 22.6 Å². The summed E-state index contributed by atoms with van der Waals surface area (Å²) in [5.74, 6) is 1.70. The molecule has 2 aromatic carbocycles. The van der Waals surface area contributed by atoms with Gasteiger partial charge < -0.3 is 14.2 Å². The lowest BCUT2D eigenvalue weighted by Crippen LogP contribution is -2.25. The summed E-state index contributed by atoms with van der Waals surface area (Å²) >= 11 is 1.67. The lowest BCUT2D eigenvalue weighted by Gasteiger charge is -2.13. The Morgan fingerprint density at radius 2 is 1.88 bits per heavy atom. The number of para-hydroxylation sites is 1. The largest absolute Gasteiger partial charge is 0.448 e. The van der Waals surface area contributed by atoms with Gasteiger partial charge in [-0.05, 0) is 25.5 Å². The molecule has 5 rings (SSSR count). The molecule has 168 valence electrons. The number of carbonyl (C=O) groups is 1. The van der Waals surface area contributed by atoms with Crippen molar-refractivity contribution in [2.45, 2.75) is 25.0 Å². The maximum atomic E-state index is 11.6. The van der Waals surface area contributed by atoms with E-state index in [1.807, 2.05) is 36.4 Å². The minimum absolute atomic E-state index is 0.210. The molecule has 4 aromatic rings. The summed E-state index contributed by atoms with van der Waals surface area (Å²) in [7, 11) is 0. The molecule has 0 spiro atoms. The second kappa shape index (κ2) is 9.62. The normalized spacial score (nSPS) is 13.6. The second-order valence-electron chi connectivity index (χ2n) is 7.79. The number of hydrogen-bond donors (Lipinski definition) is 0. The van der Waals surface area contributed by atoms with E-state index in [-0.39, 0.29) is 6.09 Å². The van der Waals surface area contributed by atoms with Gasteiger partial charge in [-0.15, -0.1) is 10.2 Å².